The Labute approximate surface area is 123 Å². The Kier molecular flexibility index (Phi) is 7.03. The molecule has 0 saturated carbocycles. The molecule has 1 N–H and O–H groups in total. The third-order valence-electron chi connectivity index (χ3n) is 3.33. The van der Waals surface area contributed by atoms with Gasteiger partial charge in [0.2, 0.25) is 0 Å². The van der Waals surface area contributed by atoms with Gasteiger partial charge in [0, 0.05) is 13.7 Å². The number of rotatable bonds is 8. The maximum atomic E-state index is 6.14. The Hall–Kier alpha value is -1.06. The summed E-state index contributed by atoms with van der Waals surface area (Å²) in [5, 5.41) is 3.43. The van der Waals surface area contributed by atoms with Crippen LogP contribution in [0.15, 0.2) is 12.1 Å². The summed E-state index contributed by atoms with van der Waals surface area (Å²) in [5.74, 6) is 1.61. The van der Waals surface area contributed by atoms with Crippen molar-refractivity contribution >= 4 is 0 Å². The maximum absolute atomic E-state index is 6.14. The predicted molar refractivity (Wildman–Crippen MR) is 84.7 cm³/mol. The zero-order valence-corrected chi connectivity index (χ0v) is 13.7. The first-order valence-corrected chi connectivity index (χ1v) is 7.38. The van der Waals surface area contributed by atoms with E-state index >= 15 is 0 Å². The minimum absolute atomic E-state index is 0.0404. The van der Waals surface area contributed by atoms with Crippen LogP contribution >= 0.6 is 0 Å². The molecule has 0 saturated heterocycles. The quantitative estimate of drug-likeness (QED) is 0.792. The van der Waals surface area contributed by atoms with Gasteiger partial charge in [0.1, 0.15) is 11.9 Å². The van der Waals surface area contributed by atoms with Crippen molar-refractivity contribution in [2.45, 2.75) is 40.7 Å². The fourth-order valence-corrected chi connectivity index (χ4v) is 2.16. The van der Waals surface area contributed by atoms with Crippen molar-refractivity contribution in [1.29, 1.82) is 0 Å². The van der Waals surface area contributed by atoms with Crippen LogP contribution in [0.5, 0.6) is 5.75 Å². The molecule has 20 heavy (non-hydrogen) atoms. The van der Waals surface area contributed by atoms with E-state index in [9.17, 15) is 0 Å². The molecule has 0 radical (unpaired) electrons. The second-order valence-corrected chi connectivity index (χ2v) is 5.95. The third-order valence-corrected chi connectivity index (χ3v) is 3.33. The second-order valence-electron chi connectivity index (χ2n) is 5.95. The molecule has 0 aromatic heterocycles. The topological polar surface area (TPSA) is 30.5 Å². The summed E-state index contributed by atoms with van der Waals surface area (Å²) in [6.07, 6.45) is 0.0404. The lowest BCUT2D eigenvalue weighted by atomic mass is 10.1. The van der Waals surface area contributed by atoms with E-state index < -0.39 is 0 Å². The summed E-state index contributed by atoms with van der Waals surface area (Å²) >= 11 is 0. The molecule has 0 aliphatic rings. The van der Waals surface area contributed by atoms with Crippen LogP contribution in [0.1, 0.15) is 30.5 Å². The van der Waals surface area contributed by atoms with E-state index in [1.165, 1.54) is 16.7 Å². The van der Waals surface area contributed by atoms with Crippen LogP contribution in [0.4, 0.5) is 0 Å². The summed E-state index contributed by atoms with van der Waals surface area (Å²) < 4.78 is 11.4. The van der Waals surface area contributed by atoms with Crippen molar-refractivity contribution in [2.24, 2.45) is 5.92 Å². The van der Waals surface area contributed by atoms with E-state index in [1.807, 2.05) is 0 Å². The molecule has 0 amide bonds. The first-order valence-electron chi connectivity index (χ1n) is 7.38. The van der Waals surface area contributed by atoms with Gasteiger partial charge in [0.05, 0.1) is 6.61 Å². The SMILES string of the molecule is COCC(CNCC(C)C)Oc1cc(C)cc(C)c1C. The molecule has 3 heteroatoms. The van der Waals surface area contributed by atoms with Crippen LogP contribution in [0.3, 0.4) is 0 Å². The summed E-state index contributed by atoms with van der Waals surface area (Å²) in [6, 6.07) is 4.29. The number of ether oxygens (including phenoxy) is 2. The average Bonchev–Trinajstić information content (AvgIpc) is 2.35. The van der Waals surface area contributed by atoms with Crippen LogP contribution in [0.2, 0.25) is 0 Å². The predicted octanol–water partition coefficient (Wildman–Crippen LogP) is 3.25. The molecule has 3 nitrogen and oxygen atoms in total. The fourth-order valence-electron chi connectivity index (χ4n) is 2.16. The van der Waals surface area contributed by atoms with Gasteiger partial charge in [-0.3, -0.25) is 0 Å². The van der Waals surface area contributed by atoms with Gasteiger partial charge in [-0.2, -0.15) is 0 Å². The lowest BCUT2D eigenvalue weighted by Crippen LogP contribution is -2.36. The zero-order valence-electron chi connectivity index (χ0n) is 13.7. The highest BCUT2D eigenvalue weighted by Gasteiger charge is 2.13. The van der Waals surface area contributed by atoms with Gasteiger partial charge in [-0.15, -0.1) is 0 Å². The zero-order chi connectivity index (χ0) is 15.1. The molecule has 114 valence electrons. The second kappa shape index (κ2) is 8.28. The number of methoxy groups -OCH3 is 1. The molecule has 0 aliphatic carbocycles. The molecule has 0 spiro atoms. The van der Waals surface area contributed by atoms with Gasteiger partial charge in [0.15, 0.2) is 0 Å². The lowest BCUT2D eigenvalue weighted by molar-refractivity contribution is 0.0797. The monoisotopic (exact) mass is 279 g/mol. The lowest BCUT2D eigenvalue weighted by Gasteiger charge is -2.22. The van der Waals surface area contributed by atoms with Crippen LogP contribution in [0.25, 0.3) is 0 Å². The summed E-state index contributed by atoms with van der Waals surface area (Å²) in [5.41, 5.74) is 3.71. The van der Waals surface area contributed by atoms with E-state index in [0.29, 0.717) is 12.5 Å². The van der Waals surface area contributed by atoms with Crippen molar-refractivity contribution in [1.82, 2.24) is 5.32 Å². The van der Waals surface area contributed by atoms with Crippen LogP contribution in [-0.4, -0.2) is 32.9 Å². The molecular weight excluding hydrogens is 250 g/mol. The number of benzene rings is 1. The average molecular weight is 279 g/mol. The first kappa shape index (κ1) is 17.0. The van der Waals surface area contributed by atoms with Gasteiger partial charge in [-0.1, -0.05) is 19.9 Å². The van der Waals surface area contributed by atoms with Crippen molar-refractivity contribution in [2.75, 3.05) is 26.8 Å². The number of aryl methyl sites for hydroxylation is 2. The molecule has 1 rings (SSSR count). The van der Waals surface area contributed by atoms with Crippen LogP contribution < -0.4 is 10.1 Å². The minimum Gasteiger partial charge on any atom is -0.486 e. The Morgan fingerprint density at radius 3 is 2.40 bits per heavy atom. The van der Waals surface area contributed by atoms with E-state index in [2.05, 4.69) is 52.1 Å². The number of hydrogen-bond acceptors (Lipinski definition) is 3. The molecular formula is C17H29NO2. The van der Waals surface area contributed by atoms with Gasteiger partial charge in [-0.05, 0) is 56.0 Å². The molecule has 0 bridgehead atoms. The number of hydrogen-bond donors (Lipinski definition) is 1. The highest BCUT2D eigenvalue weighted by atomic mass is 16.5. The van der Waals surface area contributed by atoms with Crippen molar-refractivity contribution in [3.63, 3.8) is 0 Å². The third kappa shape index (κ3) is 5.51. The van der Waals surface area contributed by atoms with Crippen molar-refractivity contribution in [3.05, 3.63) is 28.8 Å². The van der Waals surface area contributed by atoms with E-state index in [4.69, 9.17) is 9.47 Å². The standard InChI is InChI=1S/C17H29NO2/c1-12(2)9-18-10-16(11-19-6)20-17-8-13(3)7-14(4)15(17)5/h7-8,12,16,18H,9-11H2,1-6H3. The summed E-state index contributed by atoms with van der Waals surface area (Å²) in [7, 11) is 1.72. The Balaban J connectivity index is 2.69. The Morgan fingerprint density at radius 1 is 1.10 bits per heavy atom. The van der Waals surface area contributed by atoms with Crippen molar-refractivity contribution < 1.29 is 9.47 Å². The molecule has 1 aromatic carbocycles. The molecule has 0 aliphatic heterocycles. The van der Waals surface area contributed by atoms with Crippen LogP contribution in [0, 0.1) is 26.7 Å². The smallest absolute Gasteiger partial charge is 0.134 e. The normalized spacial score (nSPS) is 12.8. The molecule has 1 atom stereocenters. The van der Waals surface area contributed by atoms with E-state index in [-0.39, 0.29) is 6.10 Å². The van der Waals surface area contributed by atoms with Gasteiger partial charge >= 0.3 is 0 Å². The van der Waals surface area contributed by atoms with Crippen LogP contribution in [-0.2, 0) is 4.74 Å². The first-order chi connectivity index (χ1) is 9.43. The van der Waals surface area contributed by atoms with E-state index in [0.717, 1.165) is 18.8 Å². The van der Waals surface area contributed by atoms with Crippen molar-refractivity contribution in [3.8, 4) is 5.75 Å². The highest BCUT2D eigenvalue weighted by molar-refractivity contribution is 5.42. The van der Waals surface area contributed by atoms with Gasteiger partial charge in [-0.25, -0.2) is 0 Å². The number of nitrogens with one attached hydrogen (secondary N) is 1. The van der Waals surface area contributed by atoms with Gasteiger partial charge < -0.3 is 14.8 Å². The Bertz CT molecular complexity index is 416. The molecule has 1 unspecified atom stereocenters. The van der Waals surface area contributed by atoms with Gasteiger partial charge in [0.25, 0.3) is 0 Å². The molecule has 1 aromatic rings. The fraction of sp³-hybridized carbons (Fsp3) is 0.647. The molecule has 0 heterocycles. The minimum atomic E-state index is 0.0404. The highest BCUT2D eigenvalue weighted by Crippen LogP contribution is 2.24. The Morgan fingerprint density at radius 2 is 1.80 bits per heavy atom. The van der Waals surface area contributed by atoms with E-state index in [1.54, 1.807) is 7.11 Å². The summed E-state index contributed by atoms with van der Waals surface area (Å²) in [4.78, 5) is 0. The maximum Gasteiger partial charge on any atom is 0.134 e. The summed E-state index contributed by atoms with van der Waals surface area (Å²) in [6.45, 7) is 13.1. The largest absolute Gasteiger partial charge is 0.486 e. The molecule has 0 fully saturated rings.